The van der Waals surface area contributed by atoms with E-state index < -0.39 is 0 Å². The molecule has 0 spiro atoms. The Morgan fingerprint density at radius 2 is 1.79 bits per heavy atom. The van der Waals surface area contributed by atoms with E-state index in [-0.39, 0.29) is 11.2 Å². The quantitative estimate of drug-likeness (QED) is 0.584. The number of carbonyl (C=O) groups is 1. The topological polar surface area (TPSA) is 72.7 Å². The van der Waals surface area contributed by atoms with Gasteiger partial charge in [-0.25, -0.2) is 0 Å². The molecular formula is C20H22ClN5OS. The van der Waals surface area contributed by atoms with Gasteiger partial charge in [0.1, 0.15) is 0 Å². The molecule has 0 saturated carbocycles. The van der Waals surface area contributed by atoms with Crippen molar-refractivity contribution in [3.8, 4) is 5.69 Å². The average Bonchev–Trinajstić information content (AvgIpc) is 3.15. The van der Waals surface area contributed by atoms with Crippen molar-refractivity contribution < 1.29 is 4.79 Å². The number of benzene rings is 2. The molecule has 3 rings (SSSR count). The molecule has 0 saturated heterocycles. The molecule has 8 heteroatoms. The highest BCUT2D eigenvalue weighted by molar-refractivity contribution is 8.00. The second-order valence-corrected chi connectivity index (χ2v) is 8.47. The van der Waals surface area contributed by atoms with E-state index in [2.05, 4.69) is 46.8 Å². The van der Waals surface area contributed by atoms with Gasteiger partial charge in [-0.1, -0.05) is 61.5 Å². The molecule has 0 radical (unpaired) electrons. The summed E-state index contributed by atoms with van der Waals surface area (Å²) in [5.41, 5.74) is 3.11. The van der Waals surface area contributed by atoms with E-state index in [4.69, 9.17) is 11.6 Å². The lowest BCUT2D eigenvalue weighted by atomic mass is 10.0. The van der Waals surface area contributed by atoms with Crippen LogP contribution in [0.2, 0.25) is 5.02 Å². The number of carbonyl (C=O) groups excluding carboxylic acids is 1. The van der Waals surface area contributed by atoms with Gasteiger partial charge in [0.05, 0.1) is 10.9 Å². The van der Waals surface area contributed by atoms with Crippen LogP contribution in [0.3, 0.4) is 0 Å². The predicted molar refractivity (Wildman–Crippen MR) is 112 cm³/mol. The minimum atomic E-state index is -0.341. The van der Waals surface area contributed by atoms with Gasteiger partial charge in [-0.05, 0) is 58.7 Å². The van der Waals surface area contributed by atoms with Crippen molar-refractivity contribution in [2.45, 2.75) is 43.6 Å². The maximum absolute atomic E-state index is 12.4. The van der Waals surface area contributed by atoms with E-state index in [1.165, 1.54) is 17.3 Å². The molecule has 28 heavy (non-hydrogen) atoms. The maximum atomic E-state index is 12.4. The van der Waals surface area contributed by atoms with Crippen LogP contribution in [0.25, 0.3) is 5.69 Å². The van der Waals surface area contributed by atoms with Gasteiger partial charge in [0, 0.05) is 11.6 Å². The summed E-state index contributed by atoms with van der Waals surface area (Å²) in [6.07, 6.45) is 0. The van der Waals surface area contributed by atoms with Crippen molar-refractivity contribution in [1.29, 1.82) is 0 Å². The number of thioether (sulfide) groups is 1. The van der Waals surface area contributed by atoms with Gasteiger partial charge in [0.25, 0.3) is 0 Å². The Labute approximate surface area is 173 Å². The molecule has 1 N–H and O–H groups in total. The summed E-state index contributed by atoms with van der Waals surface area (Å²) in [7, 11) is 0. The fourth-order valence-corrected chi connectivity index (χ4v) is 3.52. The Morgan fingerprint density at radius 3 is 2.43 bits per heavy atom. The van der Waals surface area contributed by atoms with Crippen LogP contribution >= 0.6 is 23.4 Å². The van der Waals surface area contributed by atoms with E-state index in [0.29, 0.717) is 22.6 Å². The van der Waals surface area contributed by atoms with E-state index in [1.807, 2.05) is 31.2 Å². The Hall–Kier alpha value is -2.38. The number of rotatable bonds is 7. The van der Waals surface area contributed by atoms with Gasteiger partial charge in [-0.3, -0.25) is 4.79 Å². The number of amides is 1. The third-order valence-electron chi connectivity index (χ3n) is 4.28. The Morgan fingerprint density at radius 1 is 1.11 bits per heavy atom. The first-order valence-corrected chi connectivity index (χ1v) is 10.3. The molecule has 1 atom stereocenters. The fourth-order valence-electron chi connectivity index (χ4n) is 2.56. The number of aromatic nitrogens is 4. The molecule has 0 fully saturated rings. The van der Waals surface area contributed by atoms with Crippen molar-refractivity contribution >= 4 is 29.3 Å². The first-order chi connectivity index (χ1) is 13.4. The lowest BCUT2D eigenvalue weighted by molar-refractivity contribution is -0.120. The number of nitrogens with one attached hydrogen (secondary N) is 1. The zero-order chi connectivity index (χ0) is 20.1. The molecular weight excluding hydrogens is 394 g/mol. The van der Waals surface area contributed by atoms with Crippen LogP contribution in [0.4, 0.5) is 0 Å². The SMILES string of the molecule is CC(Sc1nnnn1-c1ccc(C(C)C)cc1)C(=O)NCc1ccc(Cl)cc1. The van der Waals surface area contributed by atoms with Crippen LogP contribution in [0, 0.1) is 0 Å². The molecule has 0 bridgehead atoms. The molecule has 1 heterocycles. The minimum Gasteiger partial charge on any atom is -0.351 e. The smallest absolute Gasteiger partial charge is 0.233 e. The molecule has 0 aliphatic rings. The number of hydrogen-bond donors (Lipinski definition) is 1. The zero-order valence-corrected chi connectivity index (χ0v) is 17.5. The molecule has 0 aliphatic carbocycles. The largest absolute Gasteiger partial charge is 0.351 e. The van der Waals surface area contributed by atoms with E-state index in [1.54, 1.807) is 16.8 Å². The summed E-state index contributed by atoms with van der Waals surface area (Å²) < 4.78 is 1.65. The molecule has 1 unspecified atom stereocenters. The van der Waals surface area contributed by atoms with Crippen molar-refractivity contribution in [2.24, 2.45) is 0 Å². The summed E-state index contributed by atoms with van der Waals surface area (Å²) in [6.45, 7) is 6.58. The summed E-state index contributed by atoms with van der Waals surface area (Å²) in [5.74, 6) is 0.380. The molecule has 1 aromatic heterocycles. The number of nitrogens with zero attached hydrogens (tertiary/aromatic N) is 4. The minimum absolute atomic E-state index is 0.0790. The highest BCUT2D eigenvalue weighted by Gasteiger charge is 2.19. The number of halogens is 1. The summed E-state index contributed by atoms with van der Waals surface area (Å²) in [6, 6.07) is 15.5. The van der Waals surface area contributed by atoms with Gasteiger partial charge in [0.2, 0.25) is 11.1 Å². The summed E-state index contributed by atoms with van der Waals surface area (Å²) >= 11 is 7.20. The van der Waals surface area contributed by atoms with Crippen molar-refractivity contribution in [2.75, 3.05) is 0 Å². The molecule has 3 aromatic rings. The lowest BCUT2D eigenvalue weighted by Gasteiger charge is -2.12. The van der Waals surface area contributed by atoms with Crippen LogP contribution in [-0.4, -0.2) is 31.4 Å². The van der Waals surface area contributed by atoms with Crippen molar-refractivity contribution in [3.05, 3.63) is 64.7 Å². The third-order valence-corrected chi connectivity index (χ3v) is 5.56. The summed E-state index contributed by atoms with van der Waals surface area (Å²) in [5, 5.41) is 15.7. The lowest BCUT2D eigenvalue weighted by Crippen LogP contribution is -2.30. The van der Waals surface area contributed by atoms with E-state index in [9.17, 15) is 4.79 Å². The van der Waals surface area contributed by atoms with Crippen LogP contribution < -0.4 is 5.32 Å². The Balaban J connectivity index is 1.62. The van der Waals surface area contributed by atoms with E-state index in [0.717, 1.165) is 11.3 Å². The first-order valence-electron chi connectivity index (χ1n) is 9.01. The highest BCUT2D eigenvalue weighted by Crippen LogP contribution is 2.24. The van der Waals surface area contributed by atoms with Crippen LogP contribution in [0.1, 0.15) is 37.8 Å². The second-order valence-electron chi connectivity index (χ2n) is 6.72. The van der Waals surface area contributed by atoms with Gasteiger partial charge >= 0.3 is 0 Å². The average molecular weight is 416 g/mol. The summed E-state index contributed by atoms with van der Waals surface area (Å²) in [4.78, 5) is 12.4. The Kier molecular flexibility index (Phi) is 6.70. The van der Waals surface area contributed by atoms with Gasteiger partial charge in [0.15, 0.2) is 0 Å². The molecule has 6 nitrogen and oxygen atoms in total. The predicted octanol–water partition coefficient (Wildman–Crippen LogP) is 4.24. The van der Waals surface area contributed by atoms with Crippen molar-refractivity contribution in [1.82, 2.24) is 25.5 Å². The number of hydrogen-bond acceptors (Lipinski definition) is 5. The van der Waals surface area contributed by atoms with E-state index >= 15 is 0 Å². The van der Waals surface area contributed by atoms with Gasteiger partial charge in [-0.15, -0.1) is 5.10 Å². The fraction of sp³-hybridized carbons (Fsp3) is 0.300. The van der Waals surface area contributed by atoms with Crippen LogP contribution in [0.5, 0.6) is 0 Å². The first kappa shape index (κ1) is 20.4. The third kappa shape index (κ3) is 5.11. The normalized spacial score (nSPS) is 12.2. The second kappa shape index (κ2) is 9.21. The molecule has 1 amide bonds. The Bertz CT molecular complexity index is 925. The zero-order valence-electron chi connectivity index (χ0n) is 16.0. The molecule has 146 valence electrons. The molecule has 0 aliphatic heterocycles. The maximum Gasteiger partial charge on any atom is 0.233 e. The highest BCUT2D eigenvalue weighted by atomic mass is 35.5. The monoisotopic (exact) mass is 415 g/mol. The molecule has 2 aromatic carbocycles. The van der Waals surface area contributed by atoms with Crippen LogP contribution in [0.15, 0.2) is 53.7 Å². The standard InChI is InChI=1S/C20H22ClN5OS/c1-13(2)16-6-10-18(11-7-16)26-20(23-24-25-26)28-14(3)19(27)22-12-15-4-8-17(21)9-5-15/h4-11,13-14H,12H2,1-3H3,(H,22,27). The van der Waals surface area contributed by atoms with Gasteiger partial charge in [-0.2, -0.15) is 4.68 Å². The van der Waals surface area contributed by atoms with Crippen LogP contribution in [-0.2, 0) is 11.3 Å². The van der Waals surface area contributed by atoms with Crippen molar-refractivity contribution in [3.63, 3.8) is 0 Å². The number of tetrazole rings is 1. The van der Waals surface area contributed by atoms with Gasteiger partial charge < -0.3 is 5.32 Å².